The summed E-state index contributed by atoms with van der Waals surface area (Å²) >= 11 is 0. The Morgan fingerprint density at radius 1 is 0.889 bits per heavy atom. The number of rotatable bonds is 5. The predicted molar refractivity (Wildman–Crippen MR) is 97.9 cm³/mol. The van der Waals surface area contributed by atoms with Crippen molar-refractivity contribution in [1.82, 2.24) is 0 Å². The highest BCUT2D eigenvalue weighted by molar-refractivity contribution is 5.70. The van der Waals surface area contributed by atoms with Gasteiger partial charge in [0.15, 0.2) is 0 Å². The molecule has 7 nitrogen and oxygen atoms in total. The molecule has 5 atom stereocenters. The van der Waals surface area contributed by atoms with Crippen LogP contribution < -0.4 is 4.74 Å². The number of phenols is 1. The van der Waals surface area contributed by atoms with E-state index in [-0.39, 0.29) is 5.75 Å². The second-order valence-electron chi connectivity index (χ2n) is 6.31. The summed E-state index contributed by atoms with van der Waals surface area (Å²) in [7, 11) is 0. The quantitative estimate of drug-likeness (QED) is 0.490. The van der Waals surface area contributed by atoms with Gasteiger partial charge in [-0.05, 0) is 35.4 Å². The fourth-order valence-corrected chi connectivity index (χ4v) is 2.78. The Hall–Kier alpha value is -2.42. The molecule has 2 aromatic carbocycles. The van der Waals surface area contributed by atoms with E-state index in [2.05, 4.69) is 0 Å². The average molecular weight is 374 g/mol. The van der Waals surface area contributed by atoms with E-state index in [1.807, 2.05) is 18.2 Å². The van der Waals surface area contributed by atoms with Gasteiger partial charge in [-0.15, -0.1) is 0 Å². The van der Waals surface area contributed by atoms with Crippen LogP contribution in [-0.4, -0.2) is 62.8 Å². The molecule has 1 aliphatic rings. The molecule has 0 aliphatic carbocycles. The molecule has 27 heavy (non-hydrogen) atoms. The summed E-state index contributed by atoms with van der Waals surface area (Å²) in [6.07, 6.45) is -2.86. The Balaban J connectivity index is 1.65. The van der Waals surface area contributed by atoms with Gasteiger partial charge < -0.3 is 35.0 Å². The molecule has 0 spiro atoms. The van der Waals surface area contributed by atoms with E-state index < -0.39 is 37.3 Å². The highest BCUT2D eigenvalue weighted by Crippen LogP contribution is 2.25. The topological polar surface area (TPSA) is 120 Å². The third-order valence-electron chi connectivity index (χ3n) is 4.32. The number of aliphatic hydroxyl groups excluding tert-OH is 4. The maximum absolute atomic E-state index is 10.00. The lowest BCUT2D eigenvalue weighted by Crippen LogP contribution is -2.60. The molecule has 1 fully saturated rings. The van der Waals surface area contributed by atoms with Gasteiger partial charge in [0.2, 0.25) is 6.29 Å². The van der Waals surface area contributed by atoms with Crippen molar-refractivity contribution in [3.63, 3.8) is 0 Å². The first kappa shape index (κ1) is 19.3. The molecule has 0 unspecified atom stereocenters. The molecule has 0 radical (unpaired) electrons. The fourth-order valence-electron chi connectivity index (χ4n) is 2.78. The van der Waals surface area contributed by atoms with Crippen molar-refractivity contribution in [2.45, 2.75) is 30.7 Å². The Bertz CT molecular complexity index is 772. The molecular formula is C20H22O7. The molecule has 0 saturated carbocycles. The van der Waals surface area contributed by atoms with Crippen LogP contribution in [0, 0.1) is 0 Å². The van der Waals surface area contributed by atoms with E-state index >= 15 is 0 Å². The standard InChI is InChI=1S/C20H22O7/c21-11-16-17(23)18(24)19(25)20(27-16)26-15-8-6-12(7-9-15)4-5-13-2-1-3-14(22)10-13/h1-10,16-25H,11H2/b5-4+/t16-,17-,18-,19-,20-/m0/s1. The van der Waals surface area contributed by atoms with Crippen LogP contribution in [0.3, 0.4) is 0 Å². The molecule has 1 heterocycles. The van der Waals surface area contributed by atoms with Gasteiger partial charge in [0.1, 0.15) is 35.9 Å². The van der Waals surface area contributed by atoms with Gasteiger partial charge in [-0.3, -0.25) is 0 Å². The molecule has 144 valence electrons. The summed E-state index contributed by atoms with van der Waals surface area (Å²) in [6.45, 7) is -0.510. The number of aliphatic hydroxyl groups is 4. The zero-order valence-corrected chi connectivity index (χ0v) is 14.4. The summed E-state index contributed by atoms with van der Waals surface area (Å²) in [5.41, 5.74) is 1.75. The van der Waals surface area contributed by atoms with Crippen molar-refractivity contribution in [2.24, 2.45) is 0 Å². The Labute approximate surface area is 156 Å². The van der Waals surface area contributed by atoms with Gasteiger partial charge in [-0.2, -0.15) is 0 Å². The first-order valence-corrected chi connectivity index (χ1v) is 8.52. The van der Waals surface area contributed by atoms with E-state index in [1.165, 1.54) is 0 Å². The van der Waals surface area contributed by atoms with Gasteiger partial charge >= 0.3 is 0 Å². The maximum atomic E-state index is 10.00. The summed E-state index contributed by atoms with van der Waals surface area (Å²) in [5.74, 6) is 0.592. The lowest BCUT2D eigenvalue weighted by Gasteiger charge is -2.39. The van der Waals surface area contributed by atoms with Crippen LogP contribution in [0.4, 0.5) is 0 Å². The average Bonchev–Trinajstić information content (AvgIpc) is 2.68. The van der Waals surface area contributed by atoms with Crippen LogP contribution in [0.1, 0.15) is 11.1 Å². The predicted octanol–water partition coefficient (Wildman–Crippen LogP) is 0.741. The van der Waals surface area contributed by atoms with Crippen molar-refractivity contribution in [2.75, 3.05) is 6.61 Å². The third-order valence-corrected chi connectivity index (χ3v) is 4.32. The molecule has 0 amide bonds. The van der Waals surface area contributed by atoms with Gasteiger partial charge in [-0.1, -0.05) is 36.4 Å². The Morgan fingerprint density at radius 3 is 2.26 bits per heavy atom. The van der Waals surface area contributed by atoms with Crippen molar-refractivity contribution < 1.29 is 35.0 Å². The lowest BCUT2D eigenvalue weighted by atomic mass is 9.99. The number of ether oxygens (including phenoxy) is 2. The van der Waals surface area contributed by atoms with E-state index in [0.29, 0.717) is 5.75 Å². The monoisotopic (exact) mass is 374 g/mol. The molecule has 0 aromatic heterocycles. The second-order valence-corrected chi connectivity index (χ2v) is 6.31. The van der Waals surface area contributed by atoms with Crippen molar-refractivity contribution in [3.8, 4) is 11.5 Å². The number of hydrogen-bond donors (Lipinski definition) is 5. The van der Waals surface area contributed by atoms with Crippen LogP contribution in [0.15, 0.2) is 48.5 Å². The van der Waals surface area contributed by atoms with Gasteiger partial charge in [0.25, 0.3) is 0 Å². The summed E-state index contributed by atoms with van der Waals surface area (Å²) in [5, 5.41) is 48.2. The molecule has 5 N–H and O–H groups in total. The molecule has 1 saturated heterocycles. The highest BCUT2D eigenvalue weighted by Gasteiger charge is 2.44. The van der Waals surface area contributed by atoms with Crippen LogP contribution in [-0.2, 0) is 4.74 Å². The Kier molecular flexibility index (Phi) is 6.10. The zero-order chi connectivity index (χ0) is 19.4. The SMILES string of the molecule is OC[C@@H]1O[C@H](Oc2ccc(/C=C/c3cccc(O)c3)cc2)[C@@H](O)[C@@H](O)[C@H]1O. The van der Waals surface area contributed by atoms with Crippen molar-refractivity contribution in [1.29, 1.82) is 0 Å². The maximum Gasteiger partial charge on any atom is 0.229 e. The van der Waals surface area contributed by atoms with E-state index in [0.717, 1.165) is 11.1 Å². The lowest BCUT2D eigenvalue weighted by molar-refractivity contribution is -0.277. The van der Waals surface area contributed by atoms with Gasteiger partial charge in [0, 0.05) is 0 Å². The molecule has 7 heteroatoms. The second kappa shape index (κ2) is 8.51. The van der Waals surface area contributed by atoms with Crippen LogP contribution >= 0.6 is 0 Å². The normalized spacial score (nSPS) is 28.4. The fraction of sp³-hybridized carbons (Fsp3) is 0.300. The highest BCUT2D eigenvalue weighted by atomic mass is 16.7. The third kappa shape index (κ3) is 4.65. The number of aromatic hydroxyl groups is 1. The first-order chi connectivity index (χ1) is 13.0. The van der Waals surface area contributed by atoms with Crippen LogP contribution in [0.25, 0.3) is 12.2 Å². The van der Waals surface area contributed by atoms with Gasteiger partial charge in [-0.25, -0.2) is 0 Å². The summed E-state index contributed by atoms with van der Waals surface area (Å²) in [4.78, 5) is 0. The van der Waals surface area contributed by atoms with Crippen LogP contribution in [0.5, 0.6) is 11.5 Å². The van der Waals surface area contributed by atoms with E-state index in [9.17, 15) is 25.5 Å². The summed E-state index contributed by atoms with van der Waals surface area (Å²) in [6, 6.07) is 13.8. The summed E-state index contributed by atoms with van der Waals surface area (Å²) < 4.78 is 10.9. The number of hydrogen-bond acceptors (Lipinski definition) is 7. The molecular weight excluding hydrogens is 352 g/mol. The molecule has 2 aromatic rings. The number of benzene rings is 2. The van der Waals surface area contributed by atoms with E-state index in [4.69, 9.17) is 9.47 Å². The molecule has 3 rings (SSSR count). The number of phenolic OH excluding ortho intramolecular Hbond substituents is 1. The van der Waals surface area contributed by atoms with E-state index in [1.54, 1.807) is 42.5 Å². The molecule has 1 aliphatic heterocycles. The van der Waals surface area contributed by atoms with Crippen molar-refractivity contribution >= 4 is 12.2 Å². The largest absolute Gasteiger partial charge is 0.508 e. The van der Waals surface area contributed by atoms with Gasteiger partial charge in [0.05, 0.1) is 6.61 Å². The minimum absolute atomic E-state index is 0.195. The zero-order valence-electron chi connectivity index (χ0n) is 14.4. The first-order valence-electron chi connectivity index (χ1n) is 8.52. The van der Waals surface area contributed by atoms with Crippen molar-refractivity contribution in [3.05, 3.63) is 59.7 Å². The minimum Gasteiger partial charge on any atom is -0.508 e. The molecule has 0 bridgehead atoms. The smallest absolute Gasteiger partial charge is 0.229 e. The minimum atomic E-state index is -1.48. The van der Waals surface area contributed by atoms with Crippen LogP contribution in [0.2, 0.25) is 0 Å². The Morgan fingerprint density at radius 2 is 1.59 bits per heavy atom.